The fourth-order valence-corrected chi connectivity index (χ4v) is 2.83. The minimum Gasteiger partial charge on any atom is -0.367 e. The van der Waals surface area contributed by atoms with Crippen molar-refractivity contribution in [2.24, 2.45) is 5.41 Å². The Morgan fingerprint density at radius 1 is 1.32 bits per heavy atom. The van der Waals surface area contributed by atoms with Crippen molar-refractivity contribution in [1.82, 2.24) is 10.4 Å². The largest absolute Gasteiger partial charge is 0.367 e. The SMILES string of the molecule is CCNC1CN(OC(=O)C(C)(C)C)CCC1c1ccccc1. The number of nitrogens with one attached hydrogen (secondary N) is 1. The number of nitrogens with zero attached hydrogens (tertiary/aromatic N) is 1. The first kappa shape index (κ1) is 17.0. The molecular formula is C18H28N2O2. The fraction of sp³-hybridized carbons (Fsp3) is 0.611. The number of hydrogen-bond donors (Lipinski definition) is 1. The van der Waals surface area contributed by atoms with Crippen LogP contribution in [0.5, 0.6) is 0 Å². The lowest BCUT2D eigenvalue weighted by Crippen LogP contribution is -2.51. The lowest BCUT2D eigenvalue weighted by Gasteiger charge is -2.38. The molecule has 1 aromatic carbocycles. The van der Waals surface area contributed by atoms with E-state index in [-0.39, 0.29) is 5.97 Å². The maximum absolute atomic E-state index is 12.1. The number of piperidine rings is 1. The molecule has 2 atom stereocenters. The molecule has 4 nitrogen and oxygen atoms in total. The van der Waals surface area contributed by atoms with Crippen molar-refractivity contribution in [2.45, 2.75) is 46.1 Å². The normalized spacial score (nSPS) is 23.3. The second kappa shape index (κ2) is 7.25. The van der Waals surface area contributed by atoms with Gasteiger partial charge in [-0.3, -0.25) is 0 Å². The van der Waals surface area contributed by atoms with E-state index in [9.17, 15) is 4.79 Å². The first-order valence-electron chi connectivity index (χ1n) is 8.17. The number of benzene rings is 1. The van der Waals surface area contributed by atoms with Gasteiger partial charge in [0, 0.05) is 18.5 Å². The lowest BCUT2D eigenvalue weighted by atomic mass is 9.86. The Labute approximate surface area is 133 Å². The van der Waals surface area contributed by atoms with Gasteiger partial charge in [-0.1, -0.05) is 37.3 Å². The number of carbonyl (C=O) groups is 1. The summed E-state index contributed by atoms with van der Waals surface area (Å²) in [6.45, 7) is 10.2. The fourth-order valence-electron chi connectivity index (χ4n) is 2.83. The highest BCUT2D eigenvalue weighted by molar-refractivity contribution is 5.75. The van der Waals surface area contributed by atoms with E-state index >= 15 is 0 Å². The predicted molar refractivity (Wildman–Crippen MR) is 88.4 cm³/mol. The second-order valence-electron chi connectivity index (χ2n) is 6.99. The number of carbonyl (C=O) groups excluding carboxylic acids is 1. The third-order valence-corrected chi connectivity index (χ3v) is 4.09. The molecule has 2 unspecified atom stereocenters. The van der Waals surface area contributed by atoms with Gasteiger partial charge in [0.2, 0.25) is 0 Å². The van der Waals surface area contributed by atoms with Gasteiger partial charge in [-0.2, -0.15) is 0 Å². The van der Waals surface area contributed by atoms with E-state index < -0.39 is 5.41 Å². The highest BCUT2D eigenvalue weighted by atomic mass is 16.7. The van der Waals surface area contributed by atoms with Gasteiger partial charge in [-0.25, -0.2) is 4.79 Å². The summed E-state index contributed by atoms with van der Waals surface area (Å²) in [6, 6.07) is 10.9. The van der Waals surface area contributed by atoms with Gasteiger partial charge in [0.05, 0.1) is 12.0 Å². The van der Waals surface area contributed by atoms with Crippen LogP contribution in [0, 0.1) is 5.41 Å². The molecule has 0 saturated carbocycles. The molecule has 1 aliphatic heterocycles. The van der Waals surface area contributed by atoms with Crippen LogP contribution in [0.15, 0.2) is 30.3 Å². The molecule has 0 spiro atoms. The molecule has 4 heteroatoms. The summed E-state index contributed by atoms with van der Waals surface area (Å²) in [5, 5.41) is 5.36. The van der Waals surface area contributed by atoms with Crippen molar-refractivity contribution in [3.05, 3.63) is 35.9 Å². The van der Waals surface area contributed by atoms with Crippen LogP contribution in [0.3, 0.4) is 0 Å². The van der Waals surface area contributed by atoms with E-state index in [1.165, 1.54) is 5.56 Å². The van der Waals surface area contributed by atoms with Crippen LogP contribution < -0.4 is 5.32 Å². The van der Waals surface area contributed by atoms with Crippen LogP contribution in [-0.2, 0) is 9.63 Å². The van der Waals surface area contributed by atoms with Crippen molar-refractivity contribution in [2.75, 3.05) is 19.6 Å². The zero-order valence-electron chi connectivity index (χ0n) is 14.1. The van der Waals surface area contributed by atoms with Crippen molar-refractivity contribution in [3.63, 3.8) is 0 Å². The maximum Gasteiger partial charge on any atom is 0.330 e. The Bertz CT molecular complexity index is 482. The van der Waals surface area contributed by atoms with Crippen molar-refractivity contribution in [3.8, 4) is 0 Å². The summed E-state index contributed by atoms with van der Waals surface area (Å²) in [5.41, 5.74) is 0.888. The van der Waals surface area contributed by atoms with Gasteiger partial charge >= 0.3 is 5.97 Å². The van der Waals surface area contributed by atoms with Crippen LogP contribution in [0.4, 0.5) is 0 Å². The van der Waals surface area contributed by atoms with Gasteiger partial charge in [-0.05, 0) is 39.3 Å². The third kappa shape index (κ3) is 4.31. The highest BCUT2D eigenvalue weighted by Crippen LogP contribution is 2.29. The number of hydroxylamine groups is 2. The van der Waals surface area contributed by atoms with E-state index in [4.69, 9.17) is 4.84 Å². The first-order valence-corrected chi connectivity index (χ1v) is 8.17. The smallest absolute Gasteiger partial charge is 0.330 e. The average Bonchev–Trinajstić information content (AvgIpc) is 2.48. The number of rotatable bonds is 4. The summed E-state index contributed by atoms with van der Waals surface area (Å²) in [7, 11) is 0. The van der Waals surface area contributed by atoms with Crippen LogP contribution in [0.2, 0.25) is 0 Å². The zero-order valence-corrected chi connectivity index (χ0v) is 14.1. The quantitative estimate of drug-likeness (QED) is 0.928. The summed E-state index contributed by atoms with van der Waals surface area (Å²) < 4.78 is 0. The molecule has 0 bridgehead atoms. The van der Waals surface area contributed by atoms with Crippen LogP contribution in [0.1, 0.15) is 45.6 Å². The molecule has 1 aromatic rings. The highest BCUT2D eigenvalue weighted by Gasteiger charge is 2.33. The Kier molecular flexibility index (Phi) is 5.59. The summed E-state index contributed by atoms with van der Waals surface area (Å²) in [6.07, 6.45) is 0.985. The van der Waals surface area contributed by atoms with E-state index in [0.29, 0.717) is 12.0 Å². The average molecular weight is 304 g/mol. The molecule has 1 aliphatic rings. The Morgan fingerprint density at radius 3 is 2.59 bits per heavy atom. The Hall–Kier alpha value is -1.39. The molecule has 1 saturated heterocycles. The van der Waals surface area contributed by atoms with Crippen LogP contribution in [-0.4, -0.2) is 36.7 Å². The molecule has 1 heterocycles. The molecular weight excluding hydrogens is 276 g/mol. The van der Waals surface area contributed by atoms with E-state index in [2.05, 4.69) is 36.5 Å². The Balaban J connectivity index is 2.03. The topological polar surface area (TPSA) is 41.6 Å². The maximum atomic E-state index is 12.1. The van der Waals surface area contributed by atoms with Crippen LogP contribution in [0.25, 0.3) is 0 Å². The summed E-state index contributed by atoms with van der Waals surface area (Å²) >= 11 is 0. The van der Waals surface area contributed by atoms with Crippen molar-refractivity contribution in [1.29, 1.82) is 0 Å². The molecule has 0 aliphatic carbocycles. The molecule has 0 amide bonds. The van der Waals surface area contributed by atoms with Crippen LogP contribution >= 0.6 is 0 Å². The molecule has 0 aromatic heterocycles. The summed E-state index contributed by atoms with van der Waals surface area (Å²) in [4.78, 5) is 17.6. The monoisotopic (exact) mass is 304 g/mol. The number of likely N-dealkylation sites (N-methyl/N-ethyl adjacent to an activating group) is 1. The standard InChI is InChI=1S/C18H28N2O2/c1-5-19-16-13-20(22-17(21)18(2,3)4)12-11-15(16)14-9-7-6-8-10-14/h6-10,15-16,19H,5,11-13H2,1-4H3. The molecule has 0 radical (unpaired) electrons. The van der Waals surface area contributed by atoms with E-state index in [1.54, 1.807) is 0 Å². The van der Waals surface area contributed by atoms with Gasteiger partial charge in [0.15, 0.2) is 0 Å². The van der Waals surface area contributed by atoms with E-state index in [0.717, 1.165) is 26.1 Å². The summed E-state index contributed by atoms with van der Waals surface area (Å²) in [5.74, 6) is 0.298. The van der Waals surface area contributed by atoms with Gasteiger partial charge in [0.25, 0.3) is 0 Å². The second-order valence-corrected chi connectivity index (χ2v) is 6.99. The van der Waals surface area contributed by atoms with Gasteiger partial charge < -0.3 is 10.2 Å². The van der Waals surface area contributed by atoms with Crippen molar-refractivity contribution < 1.29 is 9.63 Å². The third-order valence-electron chi connectivity index (χ3n) is 4.09. The first-order chi connectivity index (χ1) is 10.4. The van der Waals surface area contributed by atoms with E-state index in [1.807, 2.05) is 31.9 Å². The minimum absolute atomic E-state index is 0.166. The molecule has 1 N–H and O–H groups in total. The van der Waals surface area contributed by atoms with Gasteiger partial charge in [-0.15, -0.1) is 5.06 Å². The number of hydrogen-bond acceptors (Lipinski definition) is 4. The molecule has 2 rings (SSSR count). The zero-order chi connectivity index (χ0) is 16.2. The lowest BCUT2D eigenvalue weighted by molar-refractivity contribution is -0.206. The minimum atomic E-state index is -0.468. The molecule has 122 valence electrons. The van der Waals surface area contributed by atoms with Crippen molar-refractivity contribution >= 4 is 5.97 Å². The predicted octanol–water partition coefficient (Wildman–Crippen LogP) is 2.96. The molecule has 22 heavy (non-hydrogen) atoms. The molecule has 1 fully saturated rings. The Morgan fingerprint density at radius 2 is 2.00 bits per heavy atom. The van der Waals surface area contributed by atoms with Gasteiger partial charge in [0.1, 0.15) is 0 Å².